The van der Waals surface area contributed by atoms with Crippen molar-refractivity contribution in [1.82, 2.24) is 9.78 Å². The largest absolute Gasteiger partial charge is 0.381 e. The van der Waals surface area contributed by atoms with Crippen LogP contribution in [0.4, 0.5) is 5.69 Å². The molecule has 1 heterocycles. The Morgan fingerprint density at radius 3 is 2.84 bits per heavy atom. The van der Waals surface area contributed by atoms with E-state index in [4.69, 9.17) is 28.9 Å². The van der Waals surface area contributed by atoms with Crippen LogP contribution >= 0.6 is 23.2 Å². The Balaban J connectivity index is 2.44. The van der Waals surface area contributed by atoms with Crippen LogP contribution in [0.25, 0.3) is 5.69 Å². The zero-order chi connectivity index (χ0) is 13.8. The number of nitrogens with one attached hydrogen (secondary N) is 1. The number of rotatable bonds is 4. The van der Waals surface area contributed by atoms with Gasteiger partial charge >= 0.3 is 0 Å². The van der Waals surface area contributed by atoms with Gasteiger partial charge in [-0.3, -0.25) is 4.79 Å². The molecule has 19 heavy (non-hydrogen) atoms. The molecule has 2 rings (SSSR count). The molecule has 0 aliphatic heterocycles. The van der Waals surface area contributed by atoms with Gasteiger partial charge in [0.1, 0.15) is 5.02 Å². The molecule has 1 aromatic carbocycles. The average molecular weight is 299 g/mol. The maximum Gasteiger partial charge on any atom is 0.292 e. The molecule has 0 unspecified atom stereocenters. The molecular formula is C12H12Cl2N4O. The molecule has 0 spiro atoms. The van der Waals surface area contributed by atoms with Gasteiger partial charge in [-0.1, -0.05) is 29.3 Å². The first-order valence-electron chi connectivity index (χ1n) is 5.61. The highest BCUT2D eigenvalue weighted by Gasteiger charge is 2.10. The van der Waals surface area contributed by atoms with E-state index in [1.807, 2.05) is 0 Å². The summed E-state index contributed by atoms with van der Waals surface area (Å²) in [7, 11) is 0. The van der Waals surface area contributed by atoms with Crippen LogP contribution in [0, 0.1) is 0 Å². The smallest absolute Gasteiger partial charge is 0.292 e. The quantitative estimate of drug-likeness (QED) is 0.904. The zero-order valence-electron chi connectivity index (χ0n) is 9.94. The van der Waals surface area contributed by atoms with E-state index in [-0.39, 0.29) is 5.02 Å². The van der Waals surface area contributed by atoms with Gasteiger partial charge in [-0.25, -0.2) is 0 Å². The Kier molecular flexibility index (Phi) is 4.42. The molecule has 7 heteroatoms. The van der Waals surface area contributed by atoms with E-state index in [9.17, 15) is 4.79 Å². The molecule has 5 nitrogen and oxygen atoms in total. The highest BCUT2D eigenvalue weighted by molar-refractivity contribution is 6.33. The molecule has 0 atom stereocenters. The number of hydrogen-bond acceptors (Lipinski definition) is 4. The van der Waals surface area contributed by atoms with Gasteiger partial charge in [0, 0.05) is 18.1 Å². The van der Waals surface area contributed by atoms with Crippen molar-refractivity contribution >= 4 is 28.9 Å². The molecule has 0 aliphatic rings. The van der Waals surface area contributed by atoms with Crippen LogP contribution in [-0.2, 0) is 0 Å². The summed E-state index contributed by atoms with van der Waals surface area (Å²) in [6.45, 7) is 0.954. The fourth-order valence-corrected chi connectivity index (χ4v) is 1.93. The van der Waals surface area contributed by atoms with E-state index in [0.29, 0.717) is 29.5 Å². The molecule has 0 aliphatic carbocycles. The van der Waals surface area contributed by atoms with E-state index in [2.05, 4.69) is 10.4 Å². The van der Waals surface area contributed by atoms with Gasteiger partial charge in [-0.2, -0.15) is 9.78 Å². The Hall–Kier alpha value is -1.56. The highest BCUT2D eigenvalue weighted by atomic mass is 35.5. The van der Waals surface area contributed by atoms with Crippen molar-refractivity contribution in [3.05, 3.63) is 50.9 Å². The molecule has 2 aromatic rings. The number of anilines is 1. The number of nitrogens with zero attached hydrogens (tertiary/aromatic N) is 2. The van der Waals surface area contributed by atoms with E-state index in [1.54, 1.807) is 24.3 Å². The van der Waals surface area contributed by atoms with E-state index in [0.717, 1.165) is 0 Å². The van der Waals surface area contributed by atoms with Crippen LogP contribution in [0.1, 0.15) is 0 Å². The van der Waals surface area contributed by atoms with Gasteiger partial charge in [-0.15, -0.1) is 0 Å². The summed E-state index contributed by atoms with van der Waals surface area (Å²) in [6.07, 6.45) is 1.49. The first-order chi connectivity index (χ1) is 9.13. The fourth-order valence-electron chi connectivity index (χ4n) is 1.55. The molecule has 0 saturated carbocycles. The maximum atomic E-state index is 12.1. The number of aromatic nitrogens is 2. The summed E-state index contributed by atoms with van der Waals surface area (Å²) >= 11 is 11.9. The predicted molar refractivity (Wildman–Crippen MR) is 77.4 cm³/mol. The SMILES string of the molecule is NCCNc1cnn(-c2cccc(Cl)c2)c(=O)c1Cl. The second-order valence-corrected chi connectivity index (χ2v) is 4.60. The molecular weight excluding hydrogens is 287 g/mol. The van der Waals surface area contributed by atoms with Crippen LogP contribution in [0.2, 0.25) is 10.0 Å². The standard InChI is InChI=1S/C12H12Cl2N4O/c13-8-2-1-3-9(6-8)18-12(19)11(14)10(7-17-18)16-5-4-15/h1-3,6-7,16H,4-5,15H2. The minimum Gasteiger partial charge on any atom is -0.381 e. The summed E-state index contributed by atoms with van der Waals surface area (Å²) in [5.41, 5.74) is 5.99. The molecule has 0 saturated heterocycles. The summed E-state index contributed by atoms with van der Waals surface area (Å²) in [5, 5.41) is 7.59. The predicted octanol–water partition coefficient (Wildman–Crippen LogP) is 1.91. The lowest BCUT2D eigenvalue weighted by molar-refractivity contribution is 0.807. The second-order valence-electron chi connectivity index (χ2n) is 3.78. The number of halogens is 2. The third kappa shape index (κ3) is 3.07. The van der Waals surface area contributed by atoms with Crippen LogP contribution in [0.3, 0.4) is 0 Å². The minimum absolute atomic E-state index is 0.0726. The lowest BCUT2D eigenvalue weighted by Gasteiger charge is -2.09. The normalized spacial score (nSPS) is 10.5. The Labute approximate surface area is 119 Å². The molecule has 1 aromatic heterocycles. The highest BCUT2D eigenvalue weighted by Crippen LogP contribution is 2.17. The number of nitrogens with two attached hydrogens (primary N) is 1. The summed E-state index contributed by atoms with van der Waals surface area (Å²) in [5.74, 6) is 0. The summed E-state index contributed by atoms with van der Waals surface area (Å²) < 4.78 is 1.20. The van der Waals surface area contributed by atoms with Crippen LogP contribution in [0.5, 0.6) is 0 Å². The van der Waals surface area contributed by atoms with E-state index in [1.165, 1.54) is 10.9 Å². The molecule has 0 amide bonds. The average Bonchev–Trinajstić information content (AvgIpc) is 2.40. The molecule has 100 valence electrons. The van der Waals surface area contributed by atoms with Gasteiger partial charge < -0.3 is 11.1 Å². The van der Waals surface area contributed by atoms with Crippen molar-refractivity contribution in [2.75, 3.05) is 18.4 Å². The topological polar surface area (TPSA) is 72.9 Å². The fraction of sp³-hybridized carbons (Fsp3) is 0.167. The van der Waals surface area contributed by atoms with Crippen molar-refractivity contribution in [2.24, 2.45) is 5.73 Å². The van der Waals surface area contributed by atoms with Gasteiger partial charge in [0.25, 0.3) is 5.56 Å². The van der Waals surface area contributed by atoms with Gasteiger partial charge in [0.2, 0.25) is 0 Å². The monoisotopic (exact) mass is 298 g/mol. The Morgan fingerprint density at radius 2 is 2.16 bits per heavy atom. The number of hydrogen-bond donors (Lipinski definition) is 2. The zero-order valence-corrected chi connectivity index (χ0v) is 11.4. The first kappa shape index (κ1) is 13.9. The molecule has 0 bridgehead atoms. The van der Waals surface area contributed by atoms with Crippen LogP contribution in [0.15, 0.2) is 35.3 Å². The van der Waals surface area contributed by atoms with Crippen molar-refractivity contribution in [3.63, 3.8) is 0 Å². The minimum atomic E-state index is -0.411. The molecule has 0 radical (unpaired) electrons. The first-order valence-corrected chi connectivity index (χ1v) is 6.37. The third-order valence-electron chi connectivity index (χ3n) is 2.43. The van der Waals surface area contributed by atoms with Crippen LogP contribution < -0.4 is 16.6 Å². The Bertz CT molecular complexity index is 642. The summed E-state index contributed by atoms with van der Waals surface area (Å²) in [6, 6.07) is 6.82. The lowest BCUT2D eigenvalue weighted by Crippen LogP contribution is -2.23. The second kappa shape index (κ2) is 6.06. The van der Waals surface area contributed by atoms with Crippen molar-refractivity contribution in [1.29, 1.82) is 0 Å². The van der Waals surface area contributed by atoms with Crippen molar-refractivity contribution < 1.29 is 0 Å². The van der Waals surface area contributed by atoms with Crippen molar-refractivity contribution in [2.45, 2.75) is 0 Å². The maximum absolute atomic E-state index is 12.1. The van der Waals surface area contributed by atoms with Gasteiger partial charge in [0.05, 0.1) is 17.6 Å². The summed E-state index contributed by atoms with van der Waals surface area (Å²) in [4.78, 5) is 12.1. The van der Waals surface area contributed by atoms with Crippen molar-refractivity contribution in [3.8, 4) is 5.69 Å². The molecule has 3 N–H and O–H groups in total. The number of benzene rings is 1. The van der Waals surface area contributed by atoms with E-state index < -0.39 is 5.56 Å². The third-order valence-corrected chi connectivity index (χ3v) is 3.03. The van der Waals surface area contributed by atoms with Gasteiger partial charge in [-0.05, 0) is 18.2 Å². The Morgan fingerprint density at radius 1 is 1.37 bits per heavy atom. The van der Waals surface area contributed by atoms with Gasteiger partial charge in [0.15, 0.2) is 0 Å². The van der Waals surface area contributed by atoms with Crippen LogP contribution in [-0.4, -0.2) is 22.9 Å². The van der Waals surface area contributed by atoms with E-state index >= 15 is 0 Å². The lowest BCUT2D eigenvalue weighted by atomic mass is 10.3. The molecule has 0 fully saturated rings.